The molecule has 1 saturated heterocycles. The number of ether oxygens (including phenoxy) is 1. The van der Waals surface area contributed by atoms with Crippen LogP contribution in [-0.4, -0.2) is 58.7 Å². The van der Waals surface area contributed by atoms with Gasteiger partial charge in [-0.15, -0.1) is 24.0 Å². The summed E-state index contributed by atoms with van der Waals surface area (Å²) in [6.45, 7) is 1.82. The Morgan fingerprint density at radius 1 is 1.18 bits per heavy atom. The van der Waals surface area contributed by atoms with Gasteiger partial charge in [0.25, 0.3) is 0 Å². The van der Waals surface area contributed by atoms with Crippen molar-refractivity contribution < 1.29 is 17.5 Å². The molecular formula is C19H29FIN3O3S. The van der Waals surface area contributed by atoms with Crippen LogP contribution in [0, 0.1) is 5.82 Å². The van der Waals surface area contributed by atoms with E-state index in [-0.39, 0.29) is 35.2 Å². The molecule has 28 heavy (non-hydrogen) atoms. The molecule has 0 atom stereocenters. The van der Waals surface area contributed by atoms with Gasteiger partial charge in [0.1, 0.15) is 5.82 Å². The summed E-state index contributed by atoms with van der Waals surface area (Å²) in [4.78, 5) is 4.22. The number of aliphatic imine (C=N–C) groups is 1. The van der Waals surface area contributed by atoms with E-state index in [0.717, 1.165) is 18.4 Å². The monoisotopic (exact) mass is 525 g/mol. The Kier molecular flexibility index (Phi) is 7.71. The first-order valence-electron chi connectivity index (χ1n) is 9.28. The van der Waals surface area contributed by atoms with Crippen LogP contribution < -0.4 is 10.6 Å². The van der Waals surface area contributed by atoms with E-state index in [1.807, 2.05) is 6.07 Å². The molecule has 158 valence electrons. The van der Waals surface area contributed by atoms with E-state index in [4.69, 9.17) is 4.74 Å². The molecule has 0 amide bonds. The molecule has 1 aliphatic heterocycles. The smallest absolute Gasteiger partial charge is 0.191 e. The van der Waals surface area contributed by atoms with Crippen LogP contribution >= 0.6 is 24.0 Å². The second-order valence-electron chi connectivity index (χ2n) is 7.64. The Bertz CT molecular complexity index is 806. The third-order valence-corrected chi connectivity index (χ3v) is 8.00. The SMILES string of the molecule is CN=C(NCC1(c2cccc(F)c2)CC1)NCC1(S(C)(=O)=O)CCOCC1.I. The molecule has 6 nitrogen and oxygen atoms in total. The van der Waals surface area contributed by atoms with Crippen LogP contribution in [0.2, 0.25) is 0 Å². The maximum atomic E-state index is 13.5. The number of guanidine groups is 1. The predicted octanol–water partition coefficient (Wildman–Crippen LogP) is 2.23. The Morgan fingerprint density at radius 3 is 2.36 bits per heavy atom. The molecule has 2 N–H and O–H groups in total. The minimum absolute atomic E-state index is 0. The van der Waals surface area contributed by atoms with E-state index in [1.165, 1.54) is 12.3 Å². The largest absolute Gasteiger partial charge is 0.381 e. The van der Waals surface area contributed by atoms with E-state index in [1.54, 1.807) is 19.2 Å². The van der Waals surface area contributed by atoms with Crippen molar-refractivity contribution in [1.82, 2.24) is 10.6 Å². The second kappa shape index (κ2) is 9.25. The molecular weight excluding hydrogens is 496 g/mol. The van der Waals surface area contributed by atoms with Gasteiger partial charge in [0, 0.05) is 45.0 Å². The molecule has 1 heterocycles. The lowest BCUT2D eigenvalue weighted by Gasteiger charge is -2.36. The van der Waals surface area contributed by atoms with Crippen LogP contribution in [0.3, 0.4) is 0 Å². The van der Waals surface area contributed by atoms with Crippen LogP contribution in [0.1, 0.15) is 31.2 Å². The second-order valence-corrected chi connectivity index (χ2v) is 10.0. The molecule has 3 rings (SSSR count). The van der Waals surface area contributed by atoms with Gasteiger partial charge in [-0.05, 0) is 43.4 Å². The molecule has 0 aromatic heterocycles. The van der Waals surface area contributed by atoms with Crippen LogP contribution in [-0.2, 0) is 20.0 Å². The molecule has 1 aliphatic carbocycles. The van der Waals surface area contributed by atoms with Gasteiger partial charge in [-0.2, -0.15) is 0 Å². The predicted molar refractivity (Wildman–Crippen MR) is 120 cm³/mol. The number of rotatable bonds is 6. The molecule has 1 aromatic carbocycles. The highest BCUT2D eigenvalue weighted by Gasteiger charge is 2.45. The van der Waals surface area contributed by atoms with Crippen LogP contribution in [0.4, 0.5) is 4.39 Å². The summed E-state index contributed by atoms with van der Waals surface area (Å²) in [5.41, 5.74) is 0.912. The van der Waals surface area contributed by atoms with Gasteiger partial charge < -0.3 is 15.4 Å². The topological polar surface area (TPSA) is 79.8 Å². The normalized spacial score (nSPS) is 20.8. The van der Waals surface area contributed by atoms with E-state index in [9.17, 15) is 12.8 Å². The van der Waals surface area contributed by atoms with Crippen LogP contribution in [0.5, 0.6) is 0 Å². The Morgan fingerprint density at radius 2 is 1.82 bits per heavy atom. The number of hydrogen-bond donors (Lipinski definition) is 2. The summed E-state index contributed by atoms with van der Waals surface area (Å²) in [6.07, 6.45) is 4.22. The zero-order valence-electron chi connectivity index (χ0n) is 16.3. The summed E-state index contributed by atoms with van der Waals surface area (Å²) in [5.74, 6) is 0.336. The molecule has 0 bridgehead atoms. The van der Waals surface area contributed by atoms with Crippen molar-refractivity contribution in [2.24, 2.45) is 4.99 Å². The van der Waals surface area contributed by atoms with Crippen molar-refractivity contribution in [3.8, 4) is 0 Å². The van der Waals surface area contributed by atoms with Crippen molar-refractivity contribution in [3.63, 3.8) is 0 Å². The molecule has 0 unspecified atom stereocenters. The number of sulfone groups is 1. The van der Waals surface area contributed by atoms with Gasteiger partial charge in [0.05, 0.1) is 4.75 Å². The Balaban J connectivity index is 0.00000280. The highest BCUT2D eigenvalue weighted by Crippen LogP contribution is 2.47. The number of halogens is 2. The van der Waals surface area contributed by atoms with Gasteiger partial charge >= 0.3 is 0 Å². The summed E-state index contributed by atoms with van der Waals surface area (Å²) in [6, 6.07) is 6.73. The lowest BCUT2D eigenvalue weighted by molar-refractivity contribution is 0.0756. The molecule has 2 aliphatic rings. The zero-order chi connectivity index (χ0) is 19.5. The zero-order valence-corrected chi connectivity index (χ0v) is 19.5. The Hall–Kier alpha value is -0.940. The lowest BCUT2D eigenvalue weighted by Crippen LogP contribution is -2.54. The fourth-order valence-electron chi connectivity index (χ4n) is 3.68. The van der Waals surface area contributed by atoms with Gasteiger partial charge in [0.2, 0.25) is 0 Å². The van der Waals surface area contributed by atoms with E-state index < -0.39 is 14.6 Å². The maximum absolute atomic E-state index is 13.5. The number of hydrogen-bond acceptors (Lipinski definition) is 4. The van der Waals surface area contributed by atoms with Crippen molar-refractivity contribution in [1.29, 1.82) is 0 Å². The van der Waals surface area contributed by atoms with Gasteiger partial charge in [-0.25, -0.2) is 12.8 Å². The first-order chi connectivity index (χ1) is 12.8. The fraction of sp³-hybridized carbons (Fsp3) is 0.632. The first-order valence-corrected chi connectivity index (χ1v) is 11.2. The minimum atomic E-state index is -3.24. The average molecular weight is 525 g/mol. The molecule has 2 fully saturated rings. The lowest BCUT2D eigenvalue weighted by atomic mass is 9.96. The minimum Gasteiger partial charge on any atom is -0.381 e. The summed E-state index contributed by atoms with van der Waals surface area (Å²) in [5, 5.41) is 6.47. The van der Waals surface area contributed by atoms with Gasteiger partial charge in [-0.1, -0.05) is 12.1 Å². The molecule has 1 aromatic rings. The molecule has 1 saturated carbocycles. The van der Waals surface area contributed by atoms with Crippen molar-refractivity contribution in [3.05, 3.63) is 35.6 Å². The van der Waals surface area contributed by atoms with Crippen LogP contribution in [0.15, 0.2) is 29.3 Å². The first kappa shape index (κ1) is 23.3. The number of nitrogens with one attached hydrogen (secondary N) is 2. The molecule has 9 heteroatoms. The van der Waals surface area contributed by atoms with Crippen molar-refractivity contribution >= 4 is 39.8 Å². The molecule has 0 radical (unpaired) electrons. The van der Waals surface area contributed by atoms with E-state index in [0.29, 0.717) is 45.1 Å². The fourth-order valence-corrected chi connectivity index (χ4v) is 4.92. The standard InChI is InChI=1S/C19H28FN3O3S.HI/c1-21-17(23-14-19(27(2,24)25)8-10-26-11-9-19)22-13-18(6-7-18)15-4-3-5-16(20)12-15;/h3-5,12H,6-11,13-14H2,1-2H3,(H2,21,22,23);1H. The summed E-state index contributed by atoms with van der Waals surface area (Å²) >= 11 is 0. The maximum Gasteiger partial charge on any atom is 0.191 e. The van der Waals surface area contributed by atoms with E-state index in [2.05, 4.69) is 15.6 Å². The Labute approximate surface area is 183 Å². The van der Waals surface area contributed by atoms with Gasteiger partial charge in [-0.3, -0.25) is 4.99 Å². The average Bonchev–Trinajstić information content (AvgIpc) is 3.43. The quantitative estimate of drug-likeness (QED) is 0.339. The van der Waals surface area contributed by atoms with Crippen molar-refractivity contribution in [2.75, 3.05) is 39.6 Å². The van der Waals surface area contributed by atoms with Gasteiger partial charge in [0.15, 0.2) is 15.8 Å². The molecule has 0 spiro atoms. The third kappa shape index (κ3) is 5.15. The third-order valence-electron chi connectivity index (χ3n) is 5.88. The summed E-state index contributed by atoms with van der Waals surface area (Å²) < 4.78 is 42.8. The number of nitrogens with zero attached hydrogens (tertiary/aromatic N) is 1. The van der Waals surface area contributed by atoms with Crippen molar-refractivity contribution in [2.45, 2.75) is 35.8 Å². The highest BCUT2D eigenvalue weighted by atomic mass is 127. The van der Waals surface area contributed by atoms with E-state index >= 15 is 0 Å². The van der Waals surface area contributed by atoms with Crippen LogP contribution in [0.25, 0.3) is 0 Å². The highest BCUT2D eigenvalue weighted by molar-refractivity contribution is 14.0. The number of benzene rings is 1. The summed E-state index contributed by atoms with van der Waals surface area (Å²) in [7, 11) is -1.58.